The van der Waals surface area contributed by atoms with Crippen LogP contribution in [-0.2, 0) is 11.2 Å². The van der Waals surface area contributed by atoms with Crippen LogP contribution in [0.15, 0.2) is 24.3 Å². The van der Waals surface area contributed by atoms with E-state index >= 15 is 0 Å². The summed E-state index contributed by atoms with van der Waals surface area (Å²) < 4.78 is 0. The number of fused-ring (bicyclic) bond motifs is 1. The number of carbonyl (C=O) groups is 1. The molecule has 0 spiro atoms. The zero-order valence-corrected chi connectivity index (χ0v) is 9.98. The van der Waals surface area contributed by atoms with Gasteiger partial charge in [-0.05, 0) is 43.7 Å². The van der Waals surface area contributed by atoms with Gasteiger partial charge < -0.3 is 10.6 Å². The summed E-state index contributed by atoms with van der Waals surface area (Å²) in [5.41, 5.74) is 7.84. The summed E-state index contributed by atoms with van der Waals surface area (Å²) in [5, 5.41) is 0. The molecule has 3 nitrogen and oxygen atoms in total. The van der Waals surface area contributed by atoms with Crippen molar-refractivity contribution in [2.24, 2.45) is 5.73 Å². The van der Waals surface area contributed by atoms with Crippen molar-refractivity contribution in [1.82, 2.24) is 0 Å². The molecule has 3 rings (SSSR count). The van der Waals surface area contributed by atoms with Gasteiger partial charge in [-0.1, -0.05) is 18.2 Å². The van der Waals surface area contributed by atoms with Crippen molar-refractivity contribution in [2.75, 3.05) is 11.4 Å². The number of amides is 1. The average molecular weight is 230 g/mol. The Morgan fingerprint density at radius 3 is 2.76 bits per heavy atom. The van der Waals surface area contributed by atoms with Gasteiger partial charge in [-0.25, -0.2) is 0 Å². The number of carbonyl (C=O) groups excluding carboxylic acids is 1. The summed E-state index contributed by atoms with van der Waals surface area (Å²) in [6.07, 6.45) is 4.96. The molecule has 2 aliphatic rings. The second kappa shape index (κ2) is 3.84. The molecule has 1 saturated carbocycles. The summed E-state index contributed by atoms with van der Waals surface area (Å²) in [7, 11) is 0. The Balaban J connectivity index is 1.97. The summed E-state index contributed by atoms with van der Waals surface area (Å²) in [5.74, 6) is 0.117. The Kier molecular flexibility index (Phi) is 2.44. The molecule has 0 aromatic heterocycles. The lowest BCUT2D eigenvalue weighted by Gasteiger charge is -2.25. The zero-order valence-electron chi connectivity index (χ0n) is 9.98. The highest BCUT2D eigenvalue weighted by Crippen LogP contribution is 2.37. The highest BCUT2D eigenvalue weighted by atomic mass is 16.2. The minimum Gasteiger partial charge on any atom is -0.317 e. The van der Waals surface area contributed by atoms with E-state index in [9.17, 15) is 4.79 Å². The van der Waals surface area contributed by atoms with Crippen LogP contribution >= 0.6 is 0 Å². The molecule has 0 atom stereocenters. The first-order chi connectivity index (χ1) is 8.21. The first kappa shape index (κ1) is 10.8. The largest absolute Gasteiger partial charge is 0.317 e. The number of benzene rings is 1. The van der Waals surface area contributed by atoms with E-state index in [1.54, 1.807) is 0 Å². The maximum Gasteiger partial charge on any atom is 0.247 e. The van der Waals surface area contributed by atoms with Crippen LogP contribution in [0, 0.1) is 0 Å². The van der Waals surface area contributed by atoms with Crippen LogP contribution in [0.5, 0.6) is 0 Å². The van der Waals surface area contributed by atoms with Gasteiger partial charge in [0.05, 0.1) is 5.54 Å². The maximum atomic E-state index is 12.4. The fraction of sp³-hybridized carbons (Fsp3) is 0.500. The lowest BCUT2D eigenvalue weighted by Crippen LogP contribution is -2.46. The number of aryl methyl sites for hydroxylation is 1. The molecule has 1 amide bonds. The van der Waals surface area contributed by atoms with Crippen molar-refractivity contribution in [3.8, 4) is 0 Å². The van der Waals surface area contributed by atoms with Crippen LogP contribution in [0.1, 0.15) is 31.2 Å². The fourth-order valence-electron chi connectivity index (χ4n) is 2.52. The van der Waals surface area contributed by atoms with Crippen LogP contribution < -0.4 is 10.6 Å². The van der Waals surface area contributed by atoms with Crippen LogP contribution in [0.25, 0.3) is 0 Å². The molecule has 0 bridgehead atoms. The molecule has 1 aromatic carbocycles. The van der Waals surface area contributed by atoms with Gasteiger partial charge in [0.2, 0.25) is 5.91 Å². The zero-order chi connectivity index (χ0) is 11.9. The second-order valence-electron chi connectivity index (χ2n) is 5.20. The molecular weight excluding hydrogens is 212 g/mol. The smallest absolute Gasteiger partial charge is 0.247 e. The van der Waals surface area contributed by atoms with Crippen molar-refractivity contribution in [2.45, 2.75) is 37.6 Å². The number of nitrogens with two attached hydrogens (primary N) is 1. The first-order valence-electron chi connectivity index (χ1n) is 6.39. The van der Waals surface area contributed by atoms with Gasteiger partial charge in [-0.15, -0.1) is 0 Å². The molecule has 2 N–H and O–H groups in total. The van der Waals surface area contributed by atoms with E-state index in [1.165, 1.54) is 5.56 Å². The fourth-order valence-corrected chi connectivity index (χ4v) is 2.52. The topological polar surface area (TPSA) is 46.3 Å². The number of rotatable bonds is 1. The number of para-hydroxylation sites is 1. The predicted molar refractivity (Wildman–Crippen MR) is 67.9 cm³/mol. The quantitative estimate of drug-likeness (QED) is 0.800. The van der Waals surface area contributed by atoms with E-state index in [-0.39, 0.29) is 5.91 Å². The number of nitrogens with zero attached hydrogens (tertiary/aromatic N) is 1. The van der Waals surface area contributed by atoms with E-state index in [0.29, 0.717) is 0 Å². The van der Waals surface area contributed by atoms with E-state index < -0.39 is 5.54 Å². The Bertz CT molecular complexity index is 451. The minimum absolute atomic E-state index is 0.117. The predicted octanol–water partition coefficient (Wildman–Crippen LogP) is 1.85. The van der Waals surface area contributed by atoms with Gasteiger partial charge >= 0.3 is 0 Å². The van der Waals surface area contributed by atoms with Crippen molar-refractivity contribution >= 4 is 11.6 Å². The Morgan fingerprint density at radius 2 is 2.00 bits per heavy atom. The van der Waals surface area contributed by atoms with Gasteiger partial charge in [0.15, 0.2) is 0 Å². The van der Waals surface area contributed by atoms with Crippen molar-refractivity contribution in [3.05, 3.63) is 29.8 Å². The summed E-state index contributed by atoms with van der Waals surface area (Å²) in [6, 6.07) is 8.21. The molecule has 1 aliphatic heterocycles. The molecule has 0 unspecified atom stereocenters. The second-order valence-corrected chi connectivity index (χ2v) is 5.20. The molecule has 0 radical (unpaired) electrons. The third-order valence-electron chi connectivity index (χ3n) is 3.82. The van der Waals surface area contributed by atoms with E-state index in [4.69, 9.17) is 5.73 Å². The highest BCUT2D eigenvalue weighted by molar-refractivity contribution is 6.02. The monoisotopic (exact) mass is 230 g/mol. The molecule has 1 heterocycles. The molecule has 1 aliphatic carbocycles. The van der Waals surface area contributed by atoms with Gasteiger partial charge in [-0.3, -0.25) is 4.79 Å². The Labute approximate surface area is 102 Å². The minimum atomic E-state index is -0.558. The third-order valence-corrected chi connectivity index (χ3v) is 3.82. The number of hydrogen-bond acceptors (Lipinski definition) is 2. The first-order valence-corrected chi connectivity index (χ1v) is 6.39. The number of anilines is 1. The maximum absolute atomic E-state index is 12.4. The van der Waals surface area contributed by atoms with Gasteiger partial charge in [-0.2, -0.15) is 0 Å². The normalized spacial score (nSPS) is 21.6. The molecule has 1 fully saturated rings. The molecule has 90 valence electrons. The van der Waals surface area contributed by atoms with Crippen LogP contribution in [0.3, 0.4) is 0 Å². The lowest BCUT2D eigenvalue weighted by atomic mass is 10.1. The molecule has 0 saturated heterocycles. The lowest BCUT2D eigenvalue weighted by molar-refractivity contribution is -0.120. The molecule has 3 heteroatoms. The Morgan fingerprint density at radius 1 is 1.24 bits per heavy atom. The Hall–Kier alpha value is -1.35. The van der Waals surface area contributed by atoms with E-state index in [1.807, 2.05) is 23.1 Å². The van der Waals surface area contributed by atoms with Crippen LogP contribution in [0.2, 0.25) is 0 Å². The molecule has 17 heavy (non-hydrogen) atoms. The summed E-state index contributed by atoms with van der Waals surface area (Å²) in [4.78, 5) is 14.3. The SMILES string of the molecule is NC1(C(=O)N2CCCCc3ccccc32)CC1. The molecule has 1 aromatic rings. The van der Waals surface area contributed by atoms with Crippen LogP contribution in [0.4, 0.5) is 5.69 Å². The van der Waals surface area contributed by atoms with Crippen LogP contribution in [-0.4, -0.2) is 18.0 Å². The van der Waals surface area contributed by atoms with Gasteiger partial charge in [0.1, 0.15) is 0 Å². The standard InChI is InChI=1S/C14H18N2O/c15-14(8-9-14)13(17)16-10-4-3-6-11-5-1-2-7-12(11)16/h1-2,5,7H,3-4,6,8-10,15H2. The highest BCUT2D eigenvalue weighted by Gasteiger charge is 2.48. The van der Waals surface area contributed by atoms with E-state index in [0.717, 1.165) is 44.3 Å². The molecular formula is C14H18N2O. The van der Waals surface area contributed by atoms with Crippen molar-refractivity contribution in [3.63, 3.8) is 0 Å². The summed E-state index contributed by atoms with van der Waals surface area (Å²) >= 11 is 0. The number of hydrogen-bond donors (Lipinski definition) is 1. The van der Waals surface area contributed by atoms with Gasteiger partial charge in [0, 0.05) is 12.2 Å². The van der Waals surface area contributed by atoms with E-state index in [2.05, 4.69) is 6.07 Å². The summed E-state index contributed by atoms with van der Waals surface area (Å²) in [6.45, 7) is 0.814. The third kappa shape index (κ3) is 1.84. The van der Waals surface area contributed by atoms with Crippen molar-refractivity contribution < 1.29 is 4.79 Å². The van der Waals surface area contributed by atoms with Gasteiger partial charge in [0.25, 0.3) is 0 Å². The average Bonchev–Trinajstić information content (AvgIpc) is 3.11. The van der Waals surface area contributed by atoms with Crippen molar-refractivity contribution in [1.29, 1.82) is 0 Å².